The summed E-state index contributed by atoms with van der Waals surface area (Å²) in [5.74, 6) is -0.0105. The van der Waals surface area contributed by atoms with Crippen molar-refractivity contribution in [2.45, 2.75) is 20.3 Å². The van der Waals surface area contributed by atoms with E-state index in [9.17, 15) is 4.79 Å². The summed E-state index contributed by atoms with van der Waals surface area (Å²) < 4.78 is 0. The van der Waals surface area contributed by atoms with Crippen LogP contribution < -0.4 is 5.32 Å². The van der Waals surface area contributed by atoms with Crippen LogP contribution in [-0.2, 0) is 6.42 Å². The van der Waals surface area contributed by atoms with Crippen LogP contribution in [0.3, 0.4) is 0 Å². The predicted molar refractivity (Wildman–Crippen MR) is 87.0 cm³/mol. The van der Waals surface area contributed by atoms with E-state index in [0.29, 0.717) is 6.54 Å². The van der Waals surface area contributed by atoms with Crippen molar-refractivity contribution in [1.29, 1.82) is 0 Å². The van der Waals surface area contributed by atoms with Gasteiger partial charge < -0.3 is 10.3 Å². The lowest BCUT2D eigenvalue weighted by atomic mass is 9.88. The minimum absolute atomic E-state index is 0.0105. The van der Waals surface area contributed by atoms with E-state index in [2.05, 4.69) is 29.1 Å². The summed E-state index contributed by atoms with van der Waals surface area (Å²) in [5.41, 5.74) is 2.79. The molecule has 112 valence electrons. The Kier molecular flexibility index (Phi) is 2.84. The number of carbonyl (C=O) groups is 1. The van der Waals surface area contributed by atoms with Gasteiger partial charge in [0.2, 0.25) is 0 Å². The summed E-state index contributed by atoms with van der Waals surface area (Å²) in [6.45, 7) is 4.98. The van der Waals surface area contributed by atoms with E-state index >= 15 is 0 Å². The Bertz CT molecular complexity index is 877. The van der Waals surface area contributed by atoms with Crippen molar-refractivity contribution in [2.75, 3.05) is 6.54 Å². The number of fused-ring (bicyclic) bond motifs is 2. The van der Waals surface area contributed by atoms with E-state index in [1.54, 1.807) is 6.20 Å². The summed E-state index contributed by atoms with van der Waals surface area (Å²) in [5, 5.41) is 4.91. The third-order valence-electron chi connectivity index (χ3n) is 3.97. The predicted octanol–water partition coefficient (Wildman–Crippen LogP) is 3.00. The molecule has 0 unspecified atom stereocenters. The molecular weight excluding hydrogens is 296 g/mol. The fourth-order valence-corrected chi connectivity index (χ4v) is 3.86. The molecule has 1 aliphatic rings. The van der Waals surface area contributed by atoms with Gasteiger partial charge in [0.15, 0.2) is 0 Å². The molecule has 2 N–H and O–H groups in total. The Morgan fingerprint density at radius 2 is 2.18 bits per heavy atom. The van der Waals surface area contributed by atoms with Crippen LogP contribution in [0.1, 0.15) is 29.2 Å². The lowest BCUT2D eigenvalue weighted by Crippen LogP contribution is -2.31. The van der Waals surface area contributed by atoms with Gasteiger partial charge in [-0.1, -0.05) is 13.8 Å². The second-order valence-electron chi connectivity index (χ2n) is 6.42. The van der Waals surface area contributed by atoms with Crippen LogP contribution in [0.5, 0.6) is 0 Å². The average molecular weight is 312 g/mol. The van der Waals surface area contributed by atoms with Crippen LogP contribution in [-0.4, -0.2) is 27.4 Å². The van der Waals surface area contributed by atoms with Gasteiger partial charge in [-0.15, -0.1) is 11.3 Å². The zero-order chi connectivity index (χ0) is 15.3. The van der Waals surface area contributed by atoms with E-state index < -0.39 is 0 Å². The fraction of sp³-hybridized carbons (Fsp3) is 0.312. The monoisotopic (exact) mass is 312 g/mol. The number of pyridine rings is 1. The van der Waals surface area contributed by atoms with Gasteiger partial charge in [0.05, 0.1) is 5.69 Å². The number of rotatable bonds is 1. The molecule has 4 heterocycles. The summed E-state index contributed by atoms with van der Waals surface area (Å²) in [6.07, 6.45) is 4.44. The van der Waals surface area contributed by atoms with Crippen molar-refractivity contribution in [3.8, 4) is 10.6 Å². The Morgan fingerprint density at radius 1 is 1.32 bits per heavy atom. The highest BCUT2D eigenvalue weighted by atomic mass is 32.1. The molecule has 22 heavy (non-hydrogen) atoms. The molecule has 0 bridgehead atoms. The molecule has 0 atom stereocenters. The Balaban J connectivity index is 1.87. The summed E-state index contributed by atoms with van der Waals surface area (Å²) in [4.78, 5) is 25.2. The first-order valence-electron chi connectivity index (χ1n) is 7.24. The van der Waals surface area contributed by atoms with E-state index in [4.69, 9.17) is 4.98 Å². The number of H-pyrrole nitrogens is 1. The second kappa shape index (κ2) is 4.64. The molecule has 3 aromatic heterocycles. The van der Waals surface area contributed by atoms with Gasteiger partial charge in [-0.2, -0.15) is 0 Å². The highest BCUT2D eigenvalue weighted by Gasteiger charge is 2.30. The van der Waals surface area contributed by atoms with E-state index in [0.717, 1.165) is 38.6 Å². The Hall–Kier alpha value is -2.21. The number of aromatic amines is 1. The summed E-state index contributed by atoms with van der Waals surface area (Å²) >= 11 is 1.46. The smallest absolute Gasteiger partial charge is 0.263 e. The third-order valence-corrected chi connectivity index (χ3v) is 5.10. The second-order valence-corrected chi connectivity index (χ2v) is 7.42. The number of nitrogens with zero attached hydrogens (tertiary/aromatic N) is 2. The first-order chi connectivity index (χ1) is 10.5. The van der Waals surface area contributed by atoms with Gasteiger partial charge in [-0.05, 0) is 24.0 Å². The van der Waals surface area contributed by atoms with Gasteiger partial charge in [0.1, 0.15) is 15.5 Å². The van der Waals surface area contributed by atoms with Gasteiger partial charge in [-0.25, -0.2) is 9.97 Å². The van der Waals surface area contributed by atoms with Crippen LogP contribution >= 0.6 is 11.3 Å². The van der Waals surface area contributed by atoms with E-state index in [1.807, 2.05) is 18.3 Å². The van der Waals surface area contributed by atoms with Crippen LogP contribution in [0.15, 0.2) is 24.5 Å². The maximum Gasteiger partial charge on any atom is 0.263 e. The molecule has 1 aliphatic heterocycles. The van der Waals surface area contributed by atoms with Crippen LogP contribution in [0.2, 0.25) is 0 Å². The lowest BCUT2D eigenvalue weighted by Gasteiger charge is -2.21. The molecule has 1 amide bonds. The molecule has 0 radical (unpaired) electrons. The van der Waals surface area contributed by atoms with Gasteiger partial charge >= 0.3 is 0 Å². The first kappa shape index (κ1) is 13.5. The molecule has 3 aromatic rings. The zero-order valence-corrected chi connectivity index (χ0v) is 13.3. The molecule has 5 nitrogen and oxygen atoms in total. The highest BCUT2D eigenvalue weighted by Crippen LogP contribution is 2.35. The maximum atomic E-state index is 12.3. The quantitative estimate of drug-likeness (QED) is 0.725. The number of aromatic nitrogens is 3. The molecule has 0 aliphatic carbocycles. The van der Waals surface area contributed by atoms with Crippen LogP contribution in [0.25, 0.3) is 21.6 Å². The normalized spacial score (nSPS) is 17.1. The molecule has 4 rings (SSSR count). The van der Waals surface area contributed by atoms with Gasteiger partial charge in [-0.3, -0.25) is 4.79 Å². The maximum absolute atomic E-state index is 12.3. The minimum Gasteiger partial charge on any atom is -0.351 e. The zero-order valence-electron chi connectivity index (χ0n) is 12.4. The number of hydrogen-bond donors (Lipinski definition) is 2. The minimum atomic E-state index is -0.0105. The average Bonchev–Trinajstić information content (AvgIpc) is 3.08. The van der Waals surface area contributed by atoms with Crippen molar-refractivity contribution in [2.24, 2.45) is 5.41 Å². The molecule has 0 aromatic carbocycles. The van der Waals surface area contributed by atoms with Crippen LogP contribution in [0.4, 0.5) is 0 Å². The SMILES string of the molecule is CC1(C)CNC(=O)c2sc(-c3ccnc4[nH]ccc34)nc2C1. The lowest BCUT2D eigenvalue weighted by molar-refractivity contribution is 0.0948. The first-order valence-corrected chi connectivity index (χ1v) is 8.05. The standard InChI is InChI=1S/C16H16N4OS/c1-16(2)7-11-12(14(21)19-8-16)22-15(20-11)10-4-6-18-13-9(10)3-5-17-13/h3-6H,7-8H2,1-2H3,(H,17,18)(H,19,21). The van der Waals surface area contributed by atoms with Crippen molar-refractivity contribution in [1.82, 2.24) is 20.3 Å². The van der Waals surface area contributed by atoms with Crippen molar-refractivity contribution in [3.63, 3.8) is 0 Å². The molecule has 0 saturated carbocycles. The number of thiazole rings is 1. The highest BCUT2D eigenvalue weighted by molar-refractivity contribution is 7.17. The number of nitrogens with one attached hydrogen (secondary N) is 2. The number of carbonyl (C=O) groups excluding carboxylic acids is 1. The third kappa shape index (κ3) is 2.11. The van der Waals surface area contributed by atoms with Crippen molar-refractivity contribution < 1.29 is 4.79 Å². The number of hydrogen-bond acceptors (Lipinski definition) is 4. The van der Waals surface area contributed by atoms with Crippen molar-refractivity contribution >= 4 is 28.3 Å². The van der Waals surface area contributed by atoms with Crippen LogP contribution in [0, 0.1) is 5.41 Å². The fourth-order valence-electron chi connectivity index (χ4n) is 2.83. The Labute approximate surface area is 131 Å². The van der Waals surface area contributed by atoms with Gasteiger partial charge in [0, 0.05) is 29.9 Å². The molecule has 0 spiro atoms. The molecule has 0 saturated heterocycles. The van der Waals surface area contributed by atoms with Crippen molar-refractivity contribution in [3.05, 3.63) is 35.1 Å². The summed E-state index contributed by atoms with van der Waals surface area (Å²) in [6, 6.07) is 3.95. The molecular formula is C16H16N4OS. The van der Waals surface area contributed by atoms with E-state index in [-0.39, 0.29) is 11.3 Å². The molecule has 0 fully saturated rings. The topological polar surface area (TPSA) is 70.7 Å². The van der Waals surface area contributed by atoms with E-state index in [1.165, 1.54) is 11.3 Å². The largest absolute Gasteiger partial charge is 0.351 e. The number of amides is 1. The Morgan fingerprint density at radius 3 is 3.05 bits per heavy atom. The van der Waals surface area contributed by atoms with Gasteiger partial charge in [0.25, 0.3) is 5.91 Å². The molecule has 6 heteroatoms. The summed E-state index contributed by atoms with van der Waals surface area (Å²) in [7, 11) is 0.